The number of nitrogens with one attached hydrogen (secondary N) is 1. The average Bonchev–Trinajstić information content (AvgIpc) is 3.40. The molecule has 0 atom stereocenters. The third-order valence-electron chi connectivity index (χ3n) is 5.94. The standard InChI is InChI=1S/C28H30N6O5/c1-18(4-6-24(29)30-2)5-7-25(35)31-17-22-13-19-12-20(14-23(37-3)26(19)39-22)27-32-15-21(16-33-27)28(36)34-8-10-38-11-9-34/h4-7,12-16H,2,8-11,17,29H2,1,3H3,(H,31,35)/b7-5+,18-4+,24-6-. The number of hydrogen-bond acceptors (Lipinski definition) is 9. The number of allylic oxidation sites excluding steroid dienone is 4. The van der Waals surface area contributed by atoms with Gasteiger partial charge in [0.15, 0.2) is 17.2 Å². The Hall–Kier alpha value is -4.77. The summed E-state index contributed by atoms with van der Waals surface area (Å²) < 4.78 is 16.8. The predicted molar refractivity (Wildman–Crippen MR) is 147 cm³/mol. The van der Waals surface area contributed by atoms with Gasteiger partial charge in [0, 0.05) is 42.5 Å². The van der Waals surface area contributed by atoms with Crippen molar-refractivity contribution < 1.29 is 23.5 Å². The van der Waals surface area contributed by atoms with E-state index in [0.717, 1.165) is 11.0 Å². The van der Waals surface area contributed by atoms with Crippen molar-refractivity contribution in [3.8, 4) is 17.1 Å². The lowest BCUT2D eigenvalue weighted by Gasteiger charge is -2.26. The van der Waals surface area contributed by atoms with Gasteiger partial charge in [-0.25, -0.2) is 15.0 Å². The van der Waals surface area contributed by atoms with Gasteiger partial charge in [0.25, 0.3) is 5.91 Å². The summed E-state index contributed by atoms with van der Waals surface area (Å²) in [5.74, 6) is 1.38. The number of aliphatic imine (C=N–C) groups is 1. The number of nitrogens with two attached hydrogens (primary N) is 1. The lowest BCUT2D eigenvalue weighted by atomic mass is 10.1. The molecule has 2 aromatic heterocycles. The number of benzene rings is 1. The molecule has 0 aliphatic carbocycles. The predicted octanol–water partition coefficient (Wildman–Crippen LogP) is 2.99. The molecule has 39 heavy (non-hydrogen) atoms. The van der Waals surface area contributed by atoms with Crippen LogP contribution in [0.1, 0.15) is 23.0 Å². The highest BCUT2D eigenvalue weighted by molar-refractivity contribution is 5.94. The van der Waals surface area contributed by atoms with Crippen LogP contribution in [-0.2, 0) is 16.1 Å². The molecule has 0 unspecified atom stereocenters. The molecular weight excluding hydrogens is 500 g/mol. The van der Waals surface area contributed by atoms with E-state index < -0.39 is 0 Å². The lowest BCUT2D eigenvalue weighted by Crippen LogP contribution is -2.40. The summed E-state index contributed by atoms with van der Waals surface area (Å²) in [7, 11) is 1.54. The number of furan rings is 1. The van der Waals surface area contributed by atoms with Gasteiger partial charge in [0.05, 0.1) is 32.4 Å². The van der Waals surface area contributed by atoms with E-state index >= 15 is 0 Å². The number of aromatic nitrogens is 2. The Morgan fingerprint density at radius 1 is 1.18 bits per heavy atom. The fourth-order valence-electron chi connectivity index (χ4n) is 3.84. The lowest BCUT2D eigenvalue weighted by molar-refractivity contribution is -0.116. The Labute approximate surface area is 225 Å². The van der Waals surface area contributed by atoms with E-state index in [0.29, 0.717) is 60.3 Å². The number of methoxy groups -OCH3 is 1. The van der Waals surface area contributed by atoms with Crippen molar-refractivity contribution in [2.45, 2.75) is 13.5 Å². The second kappa shape index (κ2) is 12.7. The molecule has 0 bridgehead atoms. The number of amides is 2. The average molecular weight is 531 g/mol. The summed E-state index contributed by atoms with van der Waals surface area (Å²) in [6.45, 7) is 7.50. The van der Waals surface area contributed by atoms with Gasteiger partial charge in [-0.1, -0.05) is 17.7 Å². The van der Waals surface area contributed by atoms with Gasteiger partial charge >= 0.3 is 0 Å². The Balaban J connectivity index is 1.45. The van der Waals surface area contributed by atoms with Crippen LogP contribution in [0.25, 0.3) is 22.4 Å². The summed E-state index contributed by atoms with van der Waals surface area (Å²) in [5, 5.41) is 3.56. The van der Waals surface area contributed by atoms with Crippen molar-refractivity contribution in [3.05, 3.63) is 77.6 Å². The van der Waals surface area contributed by atoms with Crippen LogP contribution < -0.4 is 15.8 Å². The first-order valence-electron chi connectivity index (χ1n) is 12.2. The van der Waals surface area contributed by atoms with Crippen LogP contribution >= 0.6 is 0 Å². The highest BCUT2D eigenvalue weighted by Crippen LogP contribution is 2.33. The first kappa shape index (κ1) is 27.3. The van der Waals surface area contributed by atoms with Crippen molar-refractivity contribution in [1.82, 2.24) is 20.2 Å². The topological polar surface area (TPSA) is 145 Å². The third kappa shape index (κ3) is 6.96. The number of fused-ring (bicyclic) bond motifs is 1. The molecule has 4 rings (SSSR count). The van der Waals surface area contributed by atoms with Gasteiger partial charge in [0.2, 0.25) is 5.91 Å². The quantitative estimate of drug-likeness (QED) is 0.244. The smallest absolute Gasteiger partial charge is 0.257 e. The highest BCUT2D eigenvalue weighted by Gasteiger charge is 2.20. The van der Waals surface area contributed by atoms with Crippen molar-refractivity contribution in [2.75, 3.05) is 33.4 Å². The zero-order chi connectivity index (χ0) is 27.8. The van der Waals surface area contributed by atoms with Crippen LogP contribution in [0.4, 0.5) is 0 Å². The van der Waals surface area contributed by atoms with E-state index in [2.05, 4.69) is 27.0 Å². The SMILES string of the molecule is C=N\C(N)=C/C=C(C)/C=C/C(=O)NCc1cc2cc(-c3ncc(C(=O)N4CCOCC4)cn3)cc(OC)c2o1. The second-order valence-corrected chi connectivity index (χ2v) is 8.72. The van der Waals surface area contributed by atoms with Crippen molar-refractivity contribution >= 4 is 29.5 Å². The van der Waals surface area contributed by atoms with Crippen LogP contribution in [0.15, 0.2) is 75.7 Å². The molecule has 0 saturated carbocycles. The zero-order valence-corrected chi connectivity index (χ0v) is 21.8. The molecule has 1 saturated heterocycles. The van der Waals surface area contributed by atoms with Crippen molar-refractivity contribution in [3.63, 3.8) is 0 Å². The van der Waals surface area contributed by atoms with E-state index in [-0.39, 0.29) is 24.2 Å². The van der Waals surface area contributed by atoms with E-state index in [1.54, 1.807) is 36.3 Å². The molecule has 1 aliphatic rings. The molecule has 1 fully saturated rings. The minimum atomic E-state index is -0.283. The molecule has 3 heterocycles. The Kier molecular flexibility index (Phi) is 8.85. The monoisotopic (exact) mass is 530 g/mol. The van der Waals surface area contributed by atoms with Crippen molar-refractivity contribution in [2.24, 2.45) is 10.7 Å². The molecule has 202 valence electrons. The number of nitrogens with zero attached hydrogens (tertiary/aromatic N) is 4. The number of morpholine rings is 1. The molecule has 3 N–H and O–H groups in total. The molecule has 1 aromatic carbocycles. The van der Waals surface area contributed by atoms with Crippen LogP contribution in [-0.4, -0.2) is 66.8 Å². The van der Waals surface area contributed by atoms with Crippen molar-refractivity contribution in [1.29, 1.82) is 0 Å². The van der Waals surface area contributed by atoms with Crippen LogP contribution in [0, 0.1) is 0 Å². The fraction of sp³-hybridized carbons (Fsp3) is 0.250. The van der Waals surface area contributed by atoms with Gasteiger partial charge in [-0.15, -0.1) is 0 Å². The van der Waals surface area contributed by atoms with Gasteiger partial charge < -0.3 is 29.8 Å². The maximum absolute atomic E-state index is 12.7. The maximum atomic E-state index is 12.7. The molecule has 11 nitrogen and oxygen atoms in total. The highest BCUT2D eigenvalue weighted by atomic mass is 16.5. The molecule has 1 aliphatic heterocycles. The summed E-state index contributed by atoms with van der Waals surface area (Å²) >= 11 is 0. The second-order valence-electron chi connectivity index (χ2n) is 8.72. The third-order valence-corrected chi connectivity index (χ3v) is 5.94. The summed E-state index contributed by atoms with van der Waals surface area (Å²) in [5.41, 5.74) is 8.05. The number of rotatable bonds is 9. The van der Waals surface area contributed by atoms with Crippen LogP contribution in [0.3, 0.4) is 0 Å². The number of carbonyl (C=O) groups is 2. The fourth-order valence-corrected chi connectivity index (χ4v) is 3.84. The van der Waals surface area contributed by atoms with Gasteiger partial charge in [-0.3, -0.25) is 9.59 Å². The van der Waals surface area contributed by atoms with Crippen LogP contribution in [0.5, 0.6) is 5.75 Å². The number of hydrogen-bond donors (Lipinski definition) is 2. The van der Waals surface area contributed by atoms with E-state index in [4.69, 9.17) is 19.6 Å². The molecule has 0 spiro atoms. The van der Waals surface area contributed by atoms with Gasteiger partial charge in [0.1, 0.15) is 11.6 Å². The zero-order valence-electron chi connectivity index (χ0n) is 21.8. The normalized spacial score (nSPS) is 14.6. The summed E-state index contributed by atoms with van der Waals surface area (Å²) in [6.07, 6.45) is 9.47. The Bertz CT molecular complexity index is 1450. The first-order chi connectivity index (χ1) is 18.9. The number of carbonyl (C=O) groups excluding carboxylic acids is 2. The molecule has 11 heteroatoms. The summed E-state index contributed by atoms with van der Waals surface area (Å²) in [4.78, 5) is 39.1. The minimum absolute atomic E-state index is 0.119. The molecular formula is C28H30N6O5. The minimum Gasteiger partial charge on any atom is -0.493 e. The Morgan fingerprint density at radius 3 is 2.62 bits per heavy atom. The van der Waals surface area contributed by atoms with E-state index in [1.165, 1.54) is 18.5 Å². The van der Waals surface area contributed by atoms with Gasteiger partial charge in [-0.2, -0.15) is 0 Å². The van der Waals surface area contributed by atoms with E-state index in [1.807, 2.05) is 19.1 Å². The van der Waals surface area contributed by atoms with Crippen LogP contribution in [0.2, 0.25) is 0 Å². The Morgan fingerprint density at radius 2 is 1.92 bits per heavy atom. The first-order valence-corrected chi connectivity index (χ1v) is 12.2. The van der Waals surface area contributed by atoms with Gasteiger partial charge in [-0.05, 0) is 37.9 Å². The molecule has 2 amide bonds. The molecule has 3 aromatic rings. The number of ether oxygens (including phenoxy) is 2. The van der Waals surface area contributed by atoms with E-state index in [9.17, 15) is 9.59 Å². The largest absolute Gasteiger partial charge is 0.493 e. The molecule has 0 radical (unpaired) electrons. The summed E-state index contributed by atoms with van der Waals surface area (Å²) in [6, 6.07) is 5.47. The maximum Gasteiger partial charge on any atom is 0.257 e.